The lowest BCUT2D eigenvalue weighted by Gasteiger charge is -2.22. The van der Waals surface area contributed by atoms with Crippen LogP contribution in [0.1, 0.15) is 32.1 Å². The first-order valence-electron chi connectivity index (χ1n) is 8.24. The monoisotopic (exact) mass is 405 g/mol. The molecular formula is C13H29NO9P2. The van der Waals surface area contributed by atoms with Gasteiger partial charge in [0.1, 0.15) is 12.2 Å². The first kappa shape index (κ1) is 23.2. The first-order chi connectivity index (χ1) is 11.8. The predicted molar refractivity (Wildman–Crippen MR) is 90.2 cm³/mol. The molecule has 0 amide bonds. The van der Waals surface area contributed by atoms with Crippen LogP contribution in [0.2, 0.25) is 0 Å². The van der Waals surface area contributed by atoms with Crippen molar-refractivity contribution in [1.29, 1.82) is 0 Å². The molecule has 1 aliphatic rings. The molecule has 2 unspecified atom stereocenters. The van der Waals surface area contributed by atoms with Gasteiger partial charge < -0.3 is 19.8 Å². The van der Waals surface area contributed by atoms with Crippen molar-refractivity contribution < 1.29 is 41.7 Å². The summed E-state index contributed by atoms with van der Waals surface area (Å²) in [6.45, 7) is 1.06. The molecule has 25 heavy (non-hydrogen) atoms. The normalized spacial score (nSPS) is 25.6. The molecule has 4 atom stereocenters. The number of nitrogens with one attached hydrogen (secondary N) is 1. The van der Waals surface area contributed by atoms with Crippen LogP contribution in [-0.2, 0) is 32.0 Å². The maximum Gasteiger partial charge on any atom is 0.472 e. The Balaban J connectivity index is 2.29. The number of rotatable bonds is 14. The zero-order valence-electron chi connectivity index (χ0n) is 14.7. The lowest BCUT2D eigenvalue weighted by molar-refractivity contribution is -0.00198. The van der Waals surface area contributed by atoms with Crippen LogP contribution in [0.5, 0.6) is 0 Å². The quantitative estimate of drug-likeness (QED) is 0.290. The Morgan fingerprint density at radius 1 is 1.12 bits per heavy atom. The SMILES string of the molecule is CNCCCCCCOP(=O)(O)O[C@H]1CCO[C@@H]1COP(=O)(O)OC. The maximum atomic E-state index is 12.0. The van der Waals surface area contributed by atoms with Crippen molar-refractivity contribution in [2.24, 2.45) is 0 Å². The Morgan fingerprint density at radius 2 is 1.84 bits per heavy atom. The molecule has 0 spiro atoms. The summed E-state index contributed by atoms with van der Waals surface area (Å²) < 4.78 is 47.7. The minimum atomic E-state index is -4.22. The second-order valence-corrected chi connectivity index (χ2v) is 8.57. The molecule has 150 valence electrons. The van der Waals surface area contributed by atoms with E-state index in [1.54, 1.807) is 0 Å². The van der Waals surface area contributed by atoms with Crippen LogP contribution in [0.4, 0.5) is 0 Å². The van der Waals surface area contributed by atoms with Crippen LogP contribution in [0.25, 0.3) is 0 Å². The van der Waals surface area contributed by atoms with E-state index in [0.717, 1.165) is 32.9 Å². The highest BCUT2D eigenvalue weighted by molar-refractivity contribution is 7.47. The van der Waals surface area contributed by atoms with Gasteiger partial charge in [0.05, 0.1) is 13.2 Å². The van der Waals surface area contributed by atoms with Crippen LogP contribution in [0, 0.1) is 0 Å². The minimum Gasteiger partial charge on any atom is -0.373 e. The van der Waals surface area contributed by atoms with E-state index in [1.807, 2.05) is 7.05 Å². The first-order valence-corrected chi connectivity index (χ1v) is 11.2. The van der Waals surface area contributed by atoms with Crippen LogP contribution < -0.4 is 5.32 Å². The van der Waals surface area contributed by atoms with Gasteiger partial charge in [0.25, 0.3) is 0 Å². The lowest BCUT2D eigenvalue weighted by atomic mass is 10.2. The number of unbranched alkanes of at least 4 members (excludes halogenated alkanes) is 3. The molecule has 1 aliphatic heterocycles. The molecule has 0 aliphatic carbocycles. The molecule has 0 aromatic heterocycles. The van der Waals surface area contributed by atoms with E-state index in [2.05, 4.69) is 9.84 Å². The van der Waals surface area contributed by atoms with Crippen molar-refractivity contribution in [2.45, 2.75) is 44.3 Å². The van der Waals surface area contributed by atoms with E-state index in [4.69, 9.17) is 18.3 Å². The maximum absolute atomic E-state index is 12.0. The second kappa shape index (κ2) is 11.8. The van der Waals surface area contributed by atoms with Gasteiger partial charge in [-0.05, 0) is 26.4 Å². The summed E-state index contributed by atoms with van der Waals surface area (Å²) in [6, 6.07) is 0. The number of phosphoric acid groups is 2. The van der Waals surface area contributed by atoms with Crippen molar-refractivity contribution >= 4 is 15.6 Å². The van der Waals surface area contributed by atoms with Crippen LogP contribution in [0.15, 0.2) is 0 Å². The Hall–Kier alpha value is 0.140. The predicted octanol–water partition coefficient (Wildman–Crippen LogP) is 1.82. The largest absolute Gasteiger partial charge is 0.472 e. The second-order valence-electron chi connectivity index (χ2n) is 5.61. The lowest BCUT2D eigenvalue weighted by Crippen LogP contribution is -2.28. The van der Waals surface area contributed by atoms with E-state index in [1.165, 1.54) is 0 Å². The Labute approximate surface area is 148 Å². The fourth-order valence-corrected chi connectivity index (χ4v) is 3.71. The summed E-state index contributed by atoms with van der Waals surface area (Å²) in [4.78, 5) is 19.0. The molecule has 10 nitrogen and oxygen atoms in total. The third-order valence-corrected chi connectivity index (χ3v) is 5.61. The van der Waals surface area contributed by atoms with Crippen molar-refractivity contribution in [1.82, 2.24) is 5.32 Å². The zero-order chi connectivity index (χ0) is 18.8. The van der Waals surface area contributed by atoms with Gasteiger partial charge in [0, 0.05) is 20.1 Å². The average molecular weight is 405 g/mol. The highest BCUT2D eigenvalue weighted by atomic mass is 31.2. The summed E-state index contributed by atoms with van der Waals surface area (Å²) in [6.07, 6.45) is 2.46. The van der Waals surface area contributed by atoms with Crippen molar-refractivity contribution in [3.8, 4) is 0 Å². The van der Waals surface area contributed by atoms with Crippen molar-refractivity contribution in [2.75, 3.05) is 40.5 Å². The van der Waals surface area contributed by atoms with E-state index >= 15 is 0 Å². The van der Waals surface area contributed by atoms with Gasteiger partial charge in [-0.25, -0.2) is 9.13 Å². The van der Waals surface area contributed by atoms with Gasteiger partial charge >= 0.3 is 15.6 Å². The smallest absolute Gasteiger partial charge is 0.373 e. The van der Waals surface area contributed by atoms with Gasteiger partial charge in [-0.3, -0.25) is 18.1 Å². The summed E-state index contributed by atoms with van der Waals surface area (Å²) in [7, 11) is -5.43. The molecule has 0 aromatic carbocycles. The van der Waals surface area contributed by atoms with E-state index in [0.29, 0.717) is 12.8 Å². The molecule has 1 fully saturated rings. The minimum absolute atomic E-state index is 0.123. The fraction of sp³-hybridized carbons (Fsp3) is 1.00. The van der Waals surface area contributed by atoms with Gasteiger partial charge in [-0.1, -0.05) is 12.8 Å². The highest BCUT2D eigenvalue weighted by Crippen LogP contribution is 2.48. The number of hydrogen-bond acceptors (Lipinski definition) is 8. The van der Waals surface area contributed by atoms with E-state index < -0.39 is 27.9 Å². The summed E-state index contributed by atoms with van der Waals surface area (Å²) in [5, 5.41) is 3.05. The van der Waals surface area contributed by atoms with Crippen LogP contribution in [0.3, 0.4) is 0 Å². The fourth-order valence-electron chi connectivity index (χ4n) is 2.26. The van der Waals surface area contributed by atoms with Gasteiger partial charge in [0.2, 0.25) is 0 Å². The molecule has 12 heteroatoms. The standard InChI is InChI=1S/C13H29NO9P2/c1-14-8-5-3-4-6-9-21-25(17,18)23-12-7-10-20-13(12)11-22-24(15,16)19-2/h12-14H,3-11H2,1-2H3,(H,15,16)(H,17,18)/t12-,13+/m0/s1. The Morgan fingerprint density at radius 3 is 2.52 bits per heavy atom. The molecular weight excluding hydrogens is 376 g/mol. The van der Waals surface area contributed by atoms with Crippen LogP contribution in [-0.4, -0.2) is 62.5 Å². The Kier molecular flexibility index (Phi) is 10.9. The topological polar surface area (TPSA) is 133 Å². The Bertz CT molecular complexity index is 465. The summed E-state index contributed by atoms with van der Waals surface area (Å²) in [5.74, 6) is 0. The van der Waals surface area contributed by atoms with Gasteiger partial charge in [-0.2, -0.15) is 0 Å². The average Bonchev–Trinajstić information content (AvgIpc) is 2.98. The number of ether oxygens (including phenoxy) is 1. The molecule has 0 aromatic rings. The third kappa shape index (κ3) is 10.2. The van der Waals surface area contributed by atoms with E-state index in [9.17, 15) is 18.9 Å². The van der Waals surface area contributed by atoms with Crippen LogP contribution >= 0.6 is 15.6 Å². The number of phosphoric ester groups is 2. The molecule has 1 rings (SSSR count). The number of hydrogen-bond donors (Lipinski definition) is 3. The van der Waals surface area contributed by atoms with E-state index in [-0.39, 0.29) is 19.8 Å². The molecule has 0 radical (unpaired) electrons. The summed E-state index contributed by atoms with van der Waals surface area (Å²) >= 11 is 0. The molecule has 3 N–H and O–H groups in total. The summed E-state index contributed by atoms with van der Waals surface area (Å²) in [5.41, 5.74) is 0. The molecule has 1 saturated heterocycles. The van der Waals surface area contributed by atoms with Crippen molar-refractivity contribution in [3.63, 3.8) is 0 Å². The highest BCUT2D eigenvalue weighted by Gasteiger charge is 2.37. The van der Waals surface area contributed by atoms with Gasteiger partial charge in [-0.15, -0.1) is 0 Å². The molecule has 0 saturated carbocycles. The zero-order valence-corrected chi connectivity index (χ0v) is 16.5. The third-order valence-electron chi connectivity index (χ3n) is 3.63. The van der Waals surface area contributed by atoms with Crippen molar-refractivity contribution in [3.05, 3.63) is 0 Å². The molecule has 0 bridgehead atoms. The molecule has 1 heterocycles. The van der Waals surface area contributed by atoms with Gasteiger partial charge in [0.15, 0.2) is 0 Å².